The summed E-state index contributed by atoms with van der Waals surface area (Å²) in [6.45, 7) is 4.22. The molecule has 0 saturated carbocycles. The fraction of sp³-hybridized carbons (Fsp3) is 0.467. The Kier molecular flexibility index (Phi) is 4.91. The number of amides is 1. The van der Waals surface area contributed by atoms with Crippen molar-refractivity contribution in [1.29, 1.82) is 0 Å². The van der Waals surface area contributed by atoms with Gasteiger partial charge in [-0.15, -0.1) is 0 Å². The highest BCUT2D eigenvalue weighted by molar-refractivity contribution is 7.22. The number of hydrogen-bond acceptors (Lipinski definition) is 3. The lowest BCUT2D eigenvalue weighted by Crippen LogP contribution is -2.22. The van der Waals surface area contributed by atoms with E-state index in [4.69, 9.17) is 0 Å². The zero-order chi connectivity index (χ0) is 13.7. The van der Waals surface area contributed by atoms with Crippen molar-refractivity contribution in [3.8, 4) is 0 Å². The summed E-state index contributed by atoms with van der Waals surface area (Å²) in [7, 11) is 0. The third-order valence-corrected chi connectivity index (χ3v) is 4.25. The Balaban J connectivity index is 2.04. The SMILES string of the molecule is CCCC[C@H](CC)C(=O)Nc1nc2ccccc2s1. The number of thiazole rings is 1. The quantitative estimate of drug-likeness (QED) is 0.846. The van der Waals surface area contributed by atoms with Gasteiger partial charge in [0, 0.05) is 5.92 Å². The zero-order valence-corrected chi connectivity index (χ0v) is 12.3. The van der Waals surface area contributed by atoms with Gasteiger partial charge in [0.2, 0.25) is 5.91 Å². The van der Waals surface area contributed by atoms with Crippen molar-refractivity contribution < 1.29 is 4.79 Å². The van der Waals surface area contributed by atoms with E-state index in [-0.39, 0.29) is 11.8 Å². The van der Waals surface area contributed by atoms with Crippen LogP contribution in [0.15, 0.2) is 24.3 Å². The van der Waals surface area contributed by atoms with Crippen molar-refractivity contribution in [3.63, 3.8) is 0 Å². The standard InChI is InChI=1S/C15H20N2OS/c1-3-5-8-11(4-2)14(18)17-15-16-12-9-6-7-10-13(12)19-15/h6-7,9-11H,3-5,8H2,1-2H3,(H,16,17,18)/t11-/m0/s1. The molecule has 1 N–H and O–H groups in total. The molecule has 0 aliphatic rings. The van der Waals surface area contributed by atoms with Crippen LogP contribution in [0.2, 0.25) is 0 Å². The van der Waals surface area contributed by atoms with Crippen LogP contribution in [0.1, 0.15) is 39.5 Å². The Labute approximate surface area is 118 Å². The monoisotopic (exact) mass is 276 g/mol. The molecule has 4 heteroatoms. The number of carbonyl (C=O) groups excluding carboxylic acids is 1. The number of para-hydroxylation sites is 1. The highest BCUT2D eigenvalue weighted by Crippen LogP contribution is 2.26. The first-order chi connectivity index (χ1) is 9.24. The van der Waals surface area contributed by atoms with Crippen LogP contribution in [0.4, 0.5) is 5.13 Å². The maximum Gasteiger partial charge on any atom is 0.229 e. The molecule has 102 valence electrons. The van der Waals surface area contributed by atoms with Gasteiger partial charge in [0.25, 0.3) is 0 Å². The van der Waals surface area contributed by atoms with Gasteiger partial charge in [-0.2, -0.15) is 0 Å². The maximum absolute atomic E-state index is 12.2. The summed E-state index contributed by atoms with van der Waals surface area (Å²) in [5.41, 5.74) is 0.949. The second-order valence-corrected chi connectivity index (χ2v) is 5.75. The molecule has 0 saturated heterocycles. The predicted molar refractivity (Wildman–Crippen MR) is 81.6 cm³/mol. The van der Waals surface area contributed by atoms with E-state index in [1.165, 1.54) is 11.3 Å². The van der Waals surface area contributed by atoms with E-state index in [9.17, 15) is 4.79 Å². The molecule has 2 rings (SSSR count). The van der Waals surface area contributed by atoms with Gasteiger partial charge in [0.05, 0.1) is 10.2 Å². The highest BCUT2D eigenvalue weighted by Gasteiger charge is 2.17. The van der Waals surface area contributed by atoms with Gasteiger partial charge in [-0.3, -0.25) is 4.79 Å². The largest absolute Gasteiger partial charge is 0.302 e. The summed E-state index contributed by atoms with van der Waals surface area (Å²) >= 11 is 1.53. The van der Waals surface area contributed by atoms with E-state index < -0.39 is 0 Å². The van der Waals surface area contributed by atoms with Crippen LogP contribution in [-0.4, -0.2) is 10.9 Å². The Morgan fingerprint density at radius 1 is 1.37 bits per heavy atom. The number of anilines is 1. The number of benzene rings is 1. The van der Waals surface area contributed by atoms with E-state index in [2.05, 4.69) is 24.1 Å². The molecular weight excluding hydrogens is 256 g/mol. The molecule has 0 aliphatic heterocycles. The number of carbonyl (C=O) groups is 1. The first-order valence-electron chi connectivity index (χ1n) is 6.91. The molecule has 0 unspecified atom stereocenters. The van der Waals surface area contributed by atoms with E-state index >= 15 is 0 Å². The average Bonchev–Trinajstić information content (AvgIpc) is 2.81. The van der Waals surface area contributed by atoms with Gasteiger partial charge >= 0.3 is 0 Å². The van der Waals surface area contributed by atoms with E-state index in [0.29, 0.717) is 5.13 Å². The van der Waals surface area contributed by atoms with Crippen LogP contribution < -0.4 is 5.32 Å². The summed E-state index contributed by atoms with van der Waals surface area (Å²) in [5.74, 6) is 0.210. The van der Waals surface area contributed by atoms with Crippen molar-refractivity contribution >= 4 is 32.6 Å². The lowest BCUT2D eigenvalue weighted by Gasteiger charge is -2.12. The van der Waals surface area contributed by atoms with Crippen LogP contribution in [0.5, 0.6) is 0 Å². The Morgan fingerprint density at radius 3 is 2.84 bits per heavy atom. The lowest BCUT2D eigenvalue weighted by molar-refractivity contribution is -0.120. The van der Waals surface area contributed by atoms with Gasteiger partial charge in [-0.25, -0.2) is 4.98 Å². The van der Waals surface area contributed by atoms with Crippen molar-refractivity contribution in [2.75, 3.05) is 5.32 Å². The van der Waals surface area contributed by atoms with Crippen molar-refractivity contribution in [2.24, 2.45) is 5.92 Å². The van der Waals surface area contributed by atoms with Crippen LogP contribution in [0.3, 0.4) is 0 Å². The molecule has 2 aromatic rings. The second kappa shape index (κ2) is 6.66. The maximum atomic E-state index is 12.2. The molecule has 1 aromatic carbocycles. The van der Waals surface area contributed by atoms with Gasteiger partial charge < -0.3 is 5.32 Å². The number of fused-ring (bicyclic) bond motifs is 1. The summed E-state index contributed by atoms with van der Waals surface area (Å²) in [5, 5.41) is 3.67. The third-order valence-electron chi connectivity index (χ3n) is 3.29. The number of unbranched alkanes of at least 4 members (excludes halogenated alkanes) is 1. The second-order valence-electron chi connectivity index (χ2n) is 4.72. The van der Waals surface area contributed by atoms with Gasteiger partial charge in [-0.05, 0) is 25.0 Å². The molecule has 1 aromatic heterocycles. The minimum atomic E-state index is 0.104. The summed E-state index contributed by atoms with van der Waals surface area (Å²) in [6.07, 6.45) is 4.08. The van der Waals surface area contributed by atoms with Crippen molar-refractivity contribution in [1.82, 2.24) is 4.98 Å². The normalized spacial score (nSPS) is 12.5. The van der Waals surface area contributed by atoms with Gasteiger partial charge in [0.1, 0.15) is 0 Å². The summed E-state index contributed by atoms with van der Waals surface area (Å²) < 4.78 is 1.11. The molecule has 0 spiro atoms. The van der Waals surface area contributed by atoms with Crippen LogP contribution in [0.25, 0.3) is 10.2 Å². The summed E-state index contributed by atoms with van der Waals surface area (Å²) in [4.78, 5) is 16.6. The number of nitrogens with one attached hydrogen (secondary N) is 1. The fourth-order valence-corrected chi connectivity index (χ4v) is 2.97. The molecule has 3 nitrogen and oxygen atoms in total. The highest BCUT2D eigenvalue weighted by atomic mass is 32.1. The van der Waals surface area contributed by atoms with Crippen molar-refractivity contribution in [2.45, 2.75) is 39.5 Å². The topological polar surface area (TPSA) is 42.0 Å². The number of aromatic nitrogens is 1. The first-order valence-corrected chi connectivity index (χ1v) is 7.72. The minimum Gasteiger partial charge on any atom is -0.302 e. The molecule has 0 radical (unpaired) electrons. The van der Waals surface area contributed by atoms with Crippen LogP contribution in [0, 0.1) is 5.92 Å². The smallest absolute Gasteiger partial charge is 0.229 e. The molecule has 1 atom stereocenters. The number of hydrogen-bond donors (Lipinski definition) is 1. The Bertz CT molecular complexity index is 517. The zero-order valence-electron chi connectivity index (χ0n) is 11.5. The fourth-order valence-electron chi connectivity index (χ4n) is 2.10. The predicted octanol–water partition coefficient (Wildman–Crippen LogP) is 4.45. The average molecular weight is 276 g/mol. The van der Waals surface area contributed by atoms with Gasteiger partial charge in [0.15, 0.2) is 5.13 Å². The molecule has 19 heavy (non-hydrogen) atoms. The third kappa shape index (κ3) is 3.53. The molecule has 1 amide bonds. The molecule has 0 fully saturated rings. The van der Waals surface area contributed by atoms with Crippen LogP contribution in [-0.2, 0) is 4.79 Å². The number of nitrogens with zero attached hydrogens (tertiary/aromatic N) is 1. The van der Waals surface area contributed by atoms with Gasteiger partial charge in [-0.1, -0.05) is 50.2 Å². The molecule has 1 heterocycles. The Hall–Kier alpha value is -1.42. The van der Waals surface area contributed by atoms with E-state index in [1.807, 2.05) is 24.3 Å². The molecule has 0 bridgehead atoms. The van der Waals surface area contributed by atoms with Crippen LogP contribution >= 0.6 is 11.3 Å². The molecular formula is C15H20N2OS. The van der Waals surface area contributed by atoms with Crippen molar-refractivity contribution in [3.05, 3.63) is 24.3 Å². The van der Waals surface area contributed by atoms with E-state index in [0.717, 1.165) is 35.9 Å². The minimum absolute atomic E-state index is 0.104. The van der Waals surface area contributed by atoms with E-state index in [1.54, 1.807) is 0 Å². The number of rotatable bonds is 6. The Morgan fingerprint density at radius 2 is 2.16 bits per heavy atom. The molecule has 0 aliphatic carbocycles. The lowest BCUT2D eigenvalue weighted by atomic mass is 9.99. The summed E-state index contributed by atoms with van der Waals surface area (Å²) in [6, 6.07) is 7.94. The first kappa shape index (κ1) is 14.0.